The number of para-hydroxylation sites is 1. The molecular weight excluding hydrogens is 274 g/mol. The Bertz CT molecular complexity index is 617. The van der Waals surface area contributed by atoms with Crippen LogP contribution in [0.5, 0.6) is 0 Å². The summed E-state index contributed by atoms with van der Waals surface area (Å²) in [7, 11) is 0. The molecule has 1 fully saturated rings. The van der Waals surface area contributed by atoms with Crippen LogP contribution in [0.3, 0.4) is 0 Å². The van der Waals surface area contributed by atoms with E-state index in [1.54, 1.807) is 6.20 Å². The first kappa shape index (κ1) is 12.8. The van der Waals surface area contributed by atoms with Gasteiger partial charge in [-0.3, -0.25) is 20.2 Å². The van der Waals surface area contributed by atoms with E-state index in [0.717, 1.165) is 25.1 Å². The van der Waals surface area contributed by atoms with Crippen molar-refractivity contribution in [2.45, 2.75) is 12.8 Å². The second kappa shape index (κ2) is 5.05. The highest BCUT2D eigenvalue weighted by molar-refractivity contribution is 7.80. The molecule has 1 aromatic rings. The van der Waals surface area contributed by atoms with Crippen LogP contribution in [0.1, 0.15) is 12.0 Å². The molecule has 0 bridgehead atoms. The first-order valence-electron chi connectivity index (χ1n) is 6.38. The van der Waals surface area contributed by atoms with Gasteiger partial charge >= 0.3 is 0 Å². The summed E-state index contributed by atoms with van der Waals surface area (Å²) in [5.74, 6) is -0.913. The van der Waals surface area contributed by atoms with Crippen LogP contribution in [-0.4, -0.2) is 23.5 Å². The van der Waals surface area contributed by atoms with Gasteiger partial charge in [-0.2, -0.15) is 0 Å². The molecule has 1 aromatic carbocycles. The summed E-state index contributed by atoms with van der Waals surface area (Å²) in [6.07, 6.45) is 3.60. The van der Waals surface area contributed by atoms with E-state index in [9.17, 15) is 9.59 Å². The fraction of sp³-hybridized carbons (Fsp3) is 0.214. The van der Waals surface area contributed by atoms with Gasteiger partial charge in [-0.05, 0) is 36.7 Å². The van der Waals surface area contributed by atoms with Crippen molar-refractivity contribution in [2.24, 2.45) is 0 Å². The summed E-state index contributed by atoms with van der Waals surface area (Å²) < 4.78 is 0. The lowest BCUT2D eigenvalue weighted by molar-refractivity contribution is -0.123. The number of benzene rings is 1. The van der Waals surface area contributed by atoms with Crippen LogP contribution in [-0.2, 0) is 16.0 Å². The number of aryl methyl sites for hydroxylation is 1. The van der Waals surface area contributed by atoms with E-state index in [0.29, 0.717) is 0 Å². The Morgan fingerprint density at radius 3 is 2.60 bits per heavy atom. The monoisotopic (exact) mass is 287 g/mol. The van der Waals surface area contributed by atoms with E-state index in [4.69, 9.17) is 12.2 Å². The molecular formula is C14H13N3O2S. The van der Waals surface area contributed by atoms with E-state index in [1.807, 2.05) is 23.1 Å². The number of hydrogen-bond donors (Lipinski definition) is 2. The van der Waals surface area contributed by atoms with Gasteiger partial charge in [0.15, 0.2) is 5.11 Å². The molecule has 0 radical (unpaired) electrons. The second-order valence-corrected chi connectivity index (χ2v) is 5.11. The summed E-state index contributed by atoms with van der Waals surface area (Å²) >= 11 is 4.78. The molecule has 102 valence electrons. The summed E-state index contributed by atoms with van der Waals surface area (Å²) in [5.41, 5.74) is 2.35. The molecule has 2 aliphatic heterocycles. The van der Waals surface area contributed by atoms with Gasteiger partial charge in [0.05, 0.1) is 0 Å². The van der Waals surface area contributed by atoms with Crippen LogP contribution in [0, 0.1) is 0 Å². The number of fused-ring (bicyclic) bond motifs is 1. The molecule has 20 heavy (non-hydrogen) atoms. The number of carbonyl (C=O) groups excluding carboxylic acids is 2. The van der Waals surface area contributed by atoms with Gasteiger partial charge in [-0.15, -0.1) is 0 Å². The van der Waals surface area contributed by atoms with E-state index in [2.05, 4.69) is 16.7 Å². The van der Waals surface area contributed by atoms with Crippen molar-refractivity contribution in [2.75, 3.05) is 11.4 Å². The molecule has 0 aromatic heterocycles. The summed E-state index contributed by atoms with van der Waals surface area (Å²) in [6, 6.07) is 8.00. The fourth-order valence-corrected chi connectivity index (χ4v) is 2.63. The van der Waals surface area contributed by atoms with Crippen LogP contribution < -0.4 is 15.5 Å². The Kier molecular flexibility index (Phi) is 3.23. The summed E-state index contributed by atoms with van der Waals surface area (Å²) in [6.45, 7) is 0.783. The Morgan fingerprint density at radius 2 is 1.85 bits per heavy atom. The van der Waals surface area contributed by atoms with Crippen molar-refractivity contribution in [3.63, 3.8) is 0 Å². The molecule has 3 rings (SSSR count). The number of anilines is 1. The van der Waals surface area contributed by atoms with Gasteiger partial charge < -0.3 is 4.90 Å². The number of hydrogen-bond acceptors (Lipinski definition) is 4. The first-order valence-corrected chi connectivity index (χ1v) is 6.79. The molecule has 0 spiro atoms. The maximum atomic E-state index is 11.8. The maximum absolute atomic E-state index is 11.8. The molecule has 2 amide bonds. The maximum Gasteiger partial charge on any atom is 0.264 e. The van der Waals surface area contributed by atoms with Crippen molar-refractivity contribution >= 4 is 34.8 Å². The zero-order valence-electron chi connectivity index (χ0n) is 10.7. The van der Waals surface area contributed by atoms with Crippen molar-refractivity contribution < 1.29 is 9.59 Å². The van der Waals surface area contributed by atoms with E-state index < -0.39 is 11.8 Å². The van der Waals surface area contributed by atoms with Crippen molar-refractivity contribution in [3.8, 4) is 0 Å². The molecule has 0 aliphatic carbocycles. The minimum atomic E-state index is -0.457. The van der Waals surface area contributed by atoms with E-state index in [-0.39, 0.29) is 10.7 Å². The third-order valence-electron chi connectivity index (χ3n) is 3.37. The number of nitrogens with one attached hydrogen (secondary N) is 2. The van der Waals surface area contributed by atoms with Gasteiger partial charge in [-0.1, -0.05) is 18.2 Å². The first-order chi connectivity index (χ1) is 9.65. The fourth-order valence-electron chi connectivity index (χ4n) is 2.45. The third kappa shape index (κ3) is 2.30. The number of carbonyl (C=O) groups is 2. The highest BCUT2D eigenvalue weighted by Gasteiger charge is 2.27. The molecule has 5 nitrogen and oxygen atoms in total. The Morgan fingerprint density at radius 1 is 1.15 bits per heavy atom. The topological polar surface area (TPSA) is 61.4 Å². The Hall–Kier alpha value is -2.21. The average molecular weight is 287 g/mol. The minimum Gasteiger partial charge on any atom is -0.347 e. The zero-order valence-corrected chi connectivity index (χ0v) is 11.5. The standard InChI is InChI=1S/C14H13N3O2S/c18-12-10(13(19)16-14(20)15-12)8-17-7-3-5-9-4-1-2-6-11(9)17/h1-2,4,6,8H,3,5,7H2,(H2,15,16,18,19,20). The quantitative estimate of drug-likeness (QED) is 0.457. The molecule has 0 saturated carbocycles. The van der Waals surface area contributed by atoms with Gasteiger partial charge in [0.2, 0.25) is 0 Å². The molecule has 1 saturated heterocycles. The number of amides is 2. The molecule has 2 heterocycles. The normalized spacial score (nSPS) is 18.3. The number of thiocarbonyl (C=S) groups is 1. The minimum absolute atomic E-state index is 0.0520. The van der Waals surface area contributed by atoms with Crippen LogP contribution in [0.15, 0.2) is 36.0 Å². The highest BCUT2D eigenvalue weighted by Crippen LogP contribution is 2.27. The van der Waals surface area contributed by atoms with Crippen LogP contribution in [0.4, 0.5) is 5.69 Å². The number of rotatable bonds is 1. The van der Waals surface area contributed by atoms with E-state index >= 15 is 0 Å². The highest BCUT2D eigenvalue weighted by atomic mass is 32.1. The molecule has 6 heteroatoms. The second-order valence-electron chi connectivity index (χ2n) is 4.71. The van der Waals surface area contributed by atoms with Crippen molar-refractivity contribution in [3.05, 3.63) is 41.6 Å². The summed E-state index contributed by atoms with van der Waals surface area (Å²) in [4.78, 5) is 25.6. The lowest BCUT2D eigenvalue weighted by Crippen LogP contribution is -2.51. The van der Waals surface area contributed by atoms with Crippen molar-refractivity contribution in [1.82, 2.24) is 10.6 Å². The predicted octanol–water partition coefficient (Wildman–Crippen LogP) is 0.854. The smallest absolute Gasteiger partial charge is 0.264 e. The molecule has 0 atom stereocenters. The zero-order chi connectivity index (χ0) is 14.1. The SMILES string of the molecule is O=C1NC(=S)NC(=O)C1=CN1CCCc2ccccc21. The molecule has 0 unspecified atom stereocenters. The molecule has 2 aliphatic rings. The lowest BCUT2D eigenvalue weighted by atomic mass is 10.0. The lowest BCUT2D eigenvalue weighted by Gasteiger charge is -2.29. The Labute approximate surface area is 121 Å². The van der Waals surface area contributed by atoms with Gasteiger partial charge in [0.25, 0.3) is 11.8 Å². The summed E-state index contributed by atoms with van der Waals surface area (Å²) in [5, 5.41) is 4.93. The largest absolute Gasteiger partial charge is 0.347 e. The van der Waals surface area contributed by atoms with Crippen LogP contribution in [0.25, 0.3) is 0 Å². The number of nitrogens with zero attached hydrogens (tertiary/aromatic N) is 1. The average Bonchev–Trinajstić information content (AvgIpc) is 2.43. The molecule has 2 N–H and O–H groups in total. The predicted molar refractivity (Wildman–Crippen MR) is 79.1 cm³/mol. The van der Waals surface area contributed by atoms with E-state index in [1.165, 1.54) is 5.56 Å². The third-order valence-corrected chi connectivity index (χ3v) is 3.58. The van der Waals surface area contributed by atoms with Gasteiger partial charge in [0.1, 0.15) is 5.57 Å². The van der Waals surface area contributed by atoms with Crippen LogP contribution >= 0.6 is 12.2 Å². The van der Waals surface area contributed by atoms with Gasteiger partial charge in [0, 0.05) is 18.4 Å². The van der Waals surface area contributed by atoms with Crippen LogP contribution in [0.2, 0.25) is 0 Å². The van der Waals surface area contributed by atoms with Crippen molar-refractivity contribution in [1.29, 1.82) is 0 Å². The Balaban J connectivity index is 1.95. The van der Waals surface area contributed by atoms with Gasteiger partial charge in [-0.25, -0.2) is 0 Å².